The highest BCUT2D eigenvalue weighted by molar-refractivity contribution is 5.93. The van der Waals surface area contributed by atoms with Crippen LogP contribution >= 0.6 is 0 Å². The van der Waals surface area contributed by atoms with E-state index in [2.05, 4.69) is 13.8 Å². The molecule has 0 fully saturated rings. The van der Waals surface area contributed by atoms with Crippen molar-refractivity contribution in [1.82, 2.24) is 0 Å². The third kappa shape index (κ3) is 1.57. The van der Waals surface area contributed by atoms with Gasteiger partial charge in [0.15, 0.2) is 0 Å². The topological polar surface area (TPSA) is 46.5 Å². The predicted molar refractivity (Wildman–Crippen MR) is 67.8 cm³/mol. The fraction of sp³-hybridized carbons (Fsp3) is 0.533. The Morgan fingerprint density at radius 3 is 2.89 bits per heavy atom. The molecule has 2 aliphatic rings. The van der Waals surface area contributed by atoms with Crippen LogP contribution in [-0.4, -0.2) is 24.3 Å². The monoisotopic (exact) mass is 246 g/mol. The van der Waals surface area contributed by atoms with Crippen molar-refractivity contribution in [2.75, 3.05) is 13.2 Å². The molecule has 3 rings (SSSR count). The zero-order chi connectivity index (χ0) is 12.9. The van der Waals surface area contributed by atoms with E-state index in [9.17, 15) is 9.90 Å². The number of aliphatic hydroxyl groups excluding tert-OH is 1. The van der Waals surface area contributed by atoms with Gasteiger partial charge in [0.25, 0.3) is 0 Å². The Morgan fingerprint density at radius 2 is 2.17 bits per heavy atom. The molecule has 1 aliphatic heterocycles. The van der Waals surface area contributed by atoms with Crippen molar-refractivity contribution in [3.05, 3.63) is 33.9 Å². The van der Waals surface area contributed by atoms with Gasteiger partial charge in [-0.1, -0.05) is 6.92 Å². The largest absolute Gasteiger partial charge is 0.462 e. The molecule has 0 aromatic heterocycles. The molecule has 0 bridgehead atoms. The van der Waals surface area contributed by atoms with Gasteiger partial charge in [-0.15, -0.1) is 0 Å². The number of fused-ring (bicyclic) bond motifs is 2. The SMILES string of the molecule is Cc1c2c(cc3c1CCOC3=O)CC(C)(CO)C2. The van der Waals surface area contributed by atoms with Crippen molar-refractivity contribution >= 4 is 5.97 Å². The Morgan fingerprint density at radius 1 is 1.39 bits per heavy atom. The number of carbonyl (C=O) groups is 1. The minimum Gasteiger partial charge on any atom is -0.462 e. The van der Waals surface area contributed by atoms with Gasteiger partial charge in [-0.25, -0.2) is 4.79 Å². The number of rotatable bonds is 1. The standard InChI is InChI=1S/C15H18O3/c1-9-11-3-4-18-14(17)12(11)5-10-6-15(2,8-16)7-13(9)10/h5,16H,3-4,6-8H2,1-2H3. The van der Waals surface area contributed by atoms with Crippen molar-refractivity contribution in [2.24, 2.45) is 5.41 Å². The number of ether oxygens (including phenoxy) is 1. The molecule has 1 N–H and O–H groups in total. The van der Waals surface area contributed by atoms with Crippen LogP contribution in [0, 0.1) is 12.3 Å². The lowest BCUT2D eigenvalue weighted by atomic mass is 9.88. The van der Waals surface area contributed by atoms with Crippen molar-refractivity contribution in [3.8, 4) is 0 Å². The second kappa shape index (κ2) is 3.82. The summed E-state index contributed by atoms with van der Waals surface area (Å²) in [5, 5.41) is 9.51. The van der Waals surface area contributed by atoms with E-state index in [0.29, 0.717) is 6.61 Å². The lowest BCUT2D eigenvalue weighted by Gasteiger charge is -2.20. The van der Waals surface area contributed by atoms with Crippen LogP contribution in [0.25, 0.3) is 0 Å². The van der Waals surface area contributed by atoms with E-state index in [-0.39, 0.29) is 18.0 Å². The number of hydrogen-bond donors (Lipinski definition) is 1. The van der Waals surface area contributed by atoms with Crippen LogP contribution in [0.3, 0.4) is 0 Å². The zero-order valence-corrected chi connectivity index (χ0v) is 10.9. The summed E-state index contributed by atoms with van der Waals surface area (Å²) in [6.45, 7) is 4.88. The number of esters is 1. The van der Waals surface area contributed by atoms with Crippen LogP contribution in [0.4, 0.5) is 0 Å². The molecule has 1 atom stereocenters. The van der Waals surface area contributed by atoms with E-state index in [1.807, 2.05) is 6.07 Å². The molecule has 18 heavy (non-hydrogen) atoms. The summed E-state index contributed by atoms with van der Waals surface area (Å²) >= 11 is 0. The summed E-state index contributed by atoms with van der Waals surface area (Å²) in [5.41, 5.74) is 5.59. The van der Waals surface area contributed by atoms with Gasteiger partial charge in [0.1, 0.15) is 0 Å². The minimum absolute atomic E-state index is 0.0685. The van der Waals surface area contributed by atoms with Crippen molar-refractivity contribution in [1.29, 1.82) is 0 Å². The van der Waals surface area contributed by atoms with E-state index >= 15 is 0 Å². The number of aliphatic hydroxyl groups is 1. The molecule has 0 spiro atoms. The van der Waals surface area contributed by atoms with Gasteiger partial charge in [0.2, 0.25) is 0 Å². The van der Waals surface area contributed by atoms with E-state index in [1.165, 1.54) is 16.7 Å². The van der Waals surface area contributed by atoms with Gasteiger partial charge in [-0.2, -0.15) is 0 Å². The number of cyclic esters (lactones) is 1. The number of hydrogen-bond acceptors (Lipinski definition) is 3. The molecule has 0 saturated carbocycles. The molecule has 0 saturated heterocycles. The van der Waals surface area contributed by atoms with Gasteiger partial charge in [-0.3, -0.25) is 0 Å². The first-order chi connectivity index (χ1) is 8.54. The average Bonchev–Trinajstić information content (AvgIpc) is 2.69. The highest BCUT2D eigenvalue weighted by Gasteiger charge is 2.35. The normalized spacial score (nSPS) is 25.6. The molecule has 3 heteroatoms. The summed E-state index contributed by atoms with van der Waals surface area (Å²) in [7, 11) is 0. The third-order valence-electron chi connectivity index (χ3n) is 4.34. The van der Waals surface area contributed by atoms with Crippen LogP contribution < -0.4 is 0 Å². The lowest BCUT2D eigenvalue weighted by molar-refractivity contribution is 0.0479. The van der Waals surface area contributed by atoms with Crippen molar-refractivity contribution in [3.63, 3.8) is 0 Å². The summed E-state index contributed by atoms with van der Waals surface area (Å²) < 4.78 is 5.11. The maximum atomic E-state index is 11.8. The fourth-order valence-electron chi connectivity index (χ4n) is 3.27. The zero-order valence-electron chi connectivity index (χ0n) is 10.9. The molecule has 96 valence electrons. The summed E-state index contributed by atoms with van der Waals surface area (Å²) in [6, 6.07) is 1.99. The molecule has 0 amide bonds. The molecule has 1 aromatic carbocycles. The summed E-state index contributed by atoms with van der Waals surface area (Å²) in [5.74, 6) is -0.195. The van der Waals surface area contributed by atoms with Gasteiger partial charge in [0, 0.05) is 13.0 Å². The molecule has 1 aromatic rings. The van der Waals surface area contributed by atoms with Crippen LogP contribution in [0.1, 0.15) is 39.5 Å². The maximum absolute atomic E-state index is 11.8. The quantitative estimate of drug-likeness (QED) is 0.769. The Hall–Kier alpha value is -1.35. The molecular weight excluding hydrogens is 228 g/mol. The molecule has 1 aliphatic carbocycles. The van der Waals surface area contributed by atoms with E-state index in [1.54, 1.807) is 0 Å². The highest BCUT2D eigenvalue weighted by Crippen LogP contribution is 2.40. The Balaban J connectivity index is 2.14. The first kappa shape index (κ1) is 11.7. The second-order valence-electron chi connectivity index (χ2n) is 5.87. The molecule has 1 heterocycles. The molecule has 3 nitrogen and oxygen atoms in total. The highest BCUT2D eigenvalue weighted by atomic mass is 16.5. The lowest BCUT2D eigenvalue weighted by Crippen LogP contribution is -2.21. The van der Waals surface area contributed by atoms with Crippen molar-refractivity contribution < 1.29 is 14.6 Å². The Bertz CT molecular complexity index is 533. The van der Waals surface area contributed by atoms with Gasteiger partial charge in [-0.05, 0) is 53.5 Å². The molecular formula is C15H18O3. The maximum Gasteiger partial charge on any atom is 0.338 e. The van der Waals surface area contributed by atoms with E-state index < -0.39 is 0 Å². The summed E-state index contributed by atoms with van der Waals surface area (Å²) in [4.78, 5) is 11.8. The van der Waals surface area contributed by atoms with E-state index in [0.717, 1.165) is 30.4 Å². The average molecular weight is 246 g/mol. The Labute approximate surface area is 107 Å². The molecule has 0 radical (unpaired) electrons. The smallest absolute Gasteiger partial charge is 0.338 e. The Kier molecular flexibility index (Phi) is 2.49. The third-order valence-corrected chi connectivity index (χ3v) is 4.34. The first-order valence-electron chi connectivity index (χ1n) is 6.46. The van der Waals surface area contributed by atoms with Crippen LogP contribution in [0.15, 0.2) is 6.07 Å². The van der Waals surface area contributed by atoms with Crippen LogP contribution in [-0.2, 0) is 24.0 Å². The van der Waals surface area contributed by atoms with Crippen molar-refractivity contribution in [2.45, 2.75) is 33.1 Å². The summed E-state index contributed by atoms with van der Waals surface area (Å²) in [6.07, 6.45) is 2.57. The second-order valence-corrected chi connectivity index (χ2v) is 5.87. The van der Waals surface area contributed by atoms with Crippen LogP contribution in [0.2, 0.25) is 0 Å². The van der Waals surface area contributed by atoms with Gasteiger partial charge in [0.05, 0.1) is 12.2 Å². The predicted octanol–water partition coefficient (Wildman–Crippen LogP) is 1.81. The first-order valence-corrected chi connectivity index (χ1v) is 6.46. The van der Waals surface area contributed by atoms with E-state index in [4.69, 9.17) is 4.74 Å². The molecule has 1 unspecified atom stereocenters. The van der Waals surface area contributed by atoms with Gasteiger partial charge >= 0.3 is 5.97 Å². The number of carbonyl (C=O) groups excluding carboxylic acids is 1. The number of benzene rings is 1. The van der Waals surface area contributed by atoms with Gasteiger partial charge < -0.3 is 9.84 Å². The minimum atomic E-state index is -0.195. The van der Waals surface area contributed by atoms with Crippen LogP contribution in [0.5, 0.6) is 0 Å². The fourth-order valence-corrected chi connectivity index (χ4v) is 3.27.